The molecule has 3 aliphatic rings. The van der Waals surface area contributed by atoms with E-state index in [2.05, 4.69) is 4.90 Å². The molecular formula is C21H27ClN2O4S. The SMILES string of the molecule is O=C(O)/C=C/CC1CCN2CCCC3CN(S(=O)(=O)c4cccc(Cl)c4)CC1C32. The molecular weight excluding hydrogens is 412 g/mol. The molecule has 3 saturated heterocycles. The van der Waals surface area contributed by atoms with Crippen LogP contribution in [0.5, 0.6) is 0 Å². The zero-order valence-corrected chi connectivity index (χ0v) is 17.9. The van der Waals surface area contributed by atoms with Gasteiger partial charge in [0.25, 0.3) is 0 Å². The van der Waals surface area contributed by atoms with Crippen molar-refractivity contribution in [2.24, 2.45) is 17.8 Å². The van der Waals surface area contributed by atoms with Gasteiger partial charge in [0.15, 0.2) is 0 Å². The monoisotopic (exact) mass is 438 g/mol. The quantitative estimate of drug-likeness (QED) is 0.715. The van der Waals surface area contributed by atoms with Crippen LogP contribution in [0.15, 0.2) is 41.3 Å². The number of allylic oxidation sites excluding steroid dienone is 1. The van der Waals surface area contributed by atoms with Crippen molar-refractivity contribution >= 4 is 27.6 Å². The Hall–Kier alpha value is -1.41. The van der Waals surface area contributed by atoms with Crippen molar-refractivity contribution in [3.05, 3.63) is 41.4 Å². The van der Waals surface area contributed by atoms with Crippen molar-refractivity contribution < 1.29 is 18.3 Å². The number of sulfonamides is 1. The Bertz CT molecular complexity index is 904. The summed E-state index contributed by atoms with van der Waals surface area (Å²) in [6.07, 6.45) is 6.72. The first-order valence-electron chi connectivity index (χ1n) is 10.3. The molecule has 1 N–H and O–H groups in total. The van der Waals surface area contributed by atoms with E-state index in [1.54, 1.807) is 28.6 Å². The lowest BCUT2D eigenvalue weighted by Gasteiger charge is -2.56. The van der Waals surface area contributed by atoms with Gasteiger partial charge in [-0.1, -0.05) is 23.7 Å². The summed E-state index contributed by atoms with van der Waals surface area (Å²) in [6, 6.07) is 6.87. The number of piperidine rings is 3. The van der Waals surface area contributed by atoms with Gasteiger partial charge in [-0.15, -0.1) is 0 Å². The maximum atomic E-state index is 13.3. The summed E-state index contributed by atoms with van der Waals surface area (Å²) in [5.41, 5.74) is 0. The number of rotatable bonds is 5. The summed E-state index contributed by atoms with van der Waals surface area (Å²) in [4.78, 5) is 13.6. The minimum atomic E-state index is -3.61. The summed E-state index contributed by atoms with van der Waals surface area (Å²) in [5, 5.41) is 9.33. The van der Waals surface area contributed by atoms with Crippen LogP contribution in [-0.2, 0) is 14.8 Å². The predicted octanol–water partition coefficient (Wildman–Crippen LogP) is 3.09. The molecule has 3 fully saturated rings. The first-order chi connectivity index (χ1) is 13.9. The molecule has 3 heterocycles. The van der Waals surface area contributed by atoms with Gasteiger partial charge < -0.3 is 5.11 Å². The highest BCUT2D eigenvalue weighted by molar-refractivity contribution is 7.89. The molecule has 8 heteroatoms. The van der Waals surface area contributed by atoms with Crippen molar-refractivity contribution in [1.82, 2.24) is 9.21 Å². The average molecular weight is 439 g/mol. The minimum Gasteiger partial charge on any atom is -0.478 e. The van der Waals surface area contributed by atoms with Gasteiger partial charge in [0, 0.05) is 30.2 Å². The lowest BCUT2D eigenvalue weighted by Crippen LogP contribution is -2.63. The van der Waals surface area contributed by atoms with Crippen molar-refractivity contribution in [1.29, 1.82) is 0 Å². The van der Waals surface area contributed by atoms with Crippen molar-refractivity contribution in [3.63, 3.8) is 0 Å². The molecule has 1 aromatic rings. The molecule has 29 heavy (non-hydrogen) atoms. The Morgan fingerprint density at radius 2 is 2.07 bits per heavy atom. The third-order valence-electron chi connectivity index (χ3n) is 6.74. The van der Waals surface area contributed by atoms with Crippen LogP contribution in [0.3, 0.4) is 0 Å². The number of hydrogen-bond donors (Lipinski definition) is 1. The highest BCUT2D eigenvalue weighted by atomic mass is 35.5. The van der Waals surface area contributed by atoms with Crippen molar-refractivity contribution in [2.75, 3.05) is 26.2 Å². The van der Waals surface area contributed by atoms with Crippen molar-refractivity contribution in [2.45, 2.75) is 36.6 Å². The zero-order valence-electron chi connectivity index (χ0n) is 16.3. The number of carbonyl (C=O) groups is 1. The van der Waals surface area contributed by atoms with Gasteiger partial charge in [-0.05, 0) is 74.7 Å². The zero-order chi connectivity index (χ0) is 20.6. The lowest BCUT2D eigenvalue weighted by molar-refractivity contribution is -0.131. The van der Waals surface area contributed by atoms with E-state index < -0.39 is 16.0 Å². The van der Waals surface area contributed by atoms with Crippen LogP contribution in [0.2, 0.25) is 5.02 Å². The van der Waals surface area contributed by atoms with E-state index in [0.29, 0.717) is 42.4 Å². The van der Waals surface area contributed by atoms with E-state index in [-0.39, 0.29) is 10.8 Å². The van der Waals surface area contributed by atoms with Gasteiger partial charge in [-0.25, -0.2) is 13.2 Å². The average Bonchev–Trinajstić information content (AvgIpc) is 2.69. The van der Waals surface area contributed by atoms with Crippen LogP contribution < -0.4 is 0 Å². The van der Waals surface area contributed by atoms with Crippen LogP contribution in [0.1, 0.15) is 25.7 Å². The van der Waals surface area contributed by atoms with Gasteiger partial charge in [-0.2, -0.15) is 4.31 Å². The molecule has 4 atom stereocenters. The van der Waals surface area contributed by atoms with E-state index >= 15 is 0 Å². The van der Waals surface area contributed by atoms with Gasteiger partial charge in [0.1, 0.15) is 0 Å². The Labute approximate surface area is 177 Å². The van der Waals surface area contributed by atoms with Gasteiger partial charge in [0.2, 0.25) is 10.0 Å². The molecule has 6 nitrogen and oxygen atoms in total. The highest BCUT2D eigenvalue weighted by Gasteiger charge is 2.49. The molecule has 0 aromatic heterocycles. The molecule has 4 unspecified atom stereocenters. The number of nitrogens with zero attached hydrogens (tertiary/aromatic N) is 2. The molecule has 0 spiro atoms. The molecule has 0 radical (unpaired) electrons. The first kappa shape index (κ1) is 20.8. The molecule has 0 aliphatic carbocycles. The fraction of sp³-hybridized carbons (Fsp3) is 0.571. The van der Waals surface area contributed by atoms with E-state index in [1.165, 1.54) is 12.1 Å². The third-order valence-corrected chi connectivity index (χ3v) is 8.80. The molecule has 1 aromatic carbocycles. The fourth-order valence-corrected chi connectivity index (χ4v) is 7.35. The Morgan fingerprint density at radius 3 is 2.83 bits per heavy atom. The molecule has 3 aliphatic heterocycles. The smallest absolute Gasteiger partial charge is 0.327 e. The fourth-order valence-electron chi connectivity index (χ4n) is 5.52. The highest BCUT2D eigenvalue weighted by Crippen LogP contribution is 2.44. The first-order valence-corrected chi connectivity index (χ1v) is 12.1. The van der Waals surface area contributed by atoms with E-state index in [1.807, 2.05) is 0 Å². The normalized spacial score (nSPS) is 30.9. The number of halogens is 1. The molecule has 158 valence electrons. The predicted molar refractivity (Wildman–Crippen MR) is 111 cm³/mol. The number of hydrogen-bond acceptors (Lipinski definition) is 4. The van der Waals surface area contributed by atoms with E-state index in [0.717, 1.165) is 32.4 Å². The molecule has 0 amide bonds. The summed E-state index contributed by atoms with van der Waals surface area (Å²) in [6.45, 7) is 3.13. The molecule has 0 saturated carbocycles. The number of aliphatic carboxylic acids is 1. The van der Waals surface area contributed by atoms with Crippen LogP contribution >= 0.6 is 11.6 Å². The summed E-state index contributed by atoms with van der Waals surface area (Å²) in [5.74, 6) is -0.102. The van der Waals surface area contributed by atoms with E-state index in [9.17, 15) is 13.2 Å². The van der Waals surface area contributed by atoms with Crippen LogP contribution in [-0.4, -0.2) is 60.9 Å². The van der Waals surface area contributed by atoms with Gasteiger partial charge in [-0.3, -0.25) is 4.90 Å². The summed E-state index contributed by atoms with van der Waals surface area (Å²) in [7, 11) is -3.61. The second-order valence-corrected chi connectivity index (χ2v) is 10.8. The van der Waals surface area contributed by atoms with Crippen LogP contribution in [0, 0.1) is 17.8 Å². The number of carboxylic acids is 1. The minimum absolute atomic E-state index is 0.218. The topological polar surface area (TPSA) is 77.9 Å². The Morgan fingerprint density at radius 1 is 1.24 bits per heavy atom. The Kier molecular flexibility index (Phi) is 6.02. The standard InChI is InChI=1S/C21H27ClN2O4S/c22-17-6-2-7-18(12-17)29(27,28)24-13-16-5-3-10-23-11-9-15(4-1-8-20(25)26)19(14-24)21(16)23/h1-2,6-8,12,15-16,19,21H,3-5,9-11,13-14H2,(H,25,26)/b8-1+. The van der Waals surface area contributed by atoms with E-state index in [4.69, 9.17) is 16.7 Å². The van der Waals surface area contributed by atoms with Crippen molar-refractivity contribution in [3.8, 4) is 0 Å². The van der Waals surface area contributed by atoms with Crippen LogP contribution in [0.25, 0.3) is 0 Å². The number of benzene rings is 1. The van der Waals surface area contributed by atoms with Crippen LogP contribution in [0.4, 0.5) is 0 Å². The summed E-state index contributed by atoms with van der Waals surface area (Å²) >= 11 is 6.05. The summed E-state index contributed by atoms with van der Waals surface area (Å²) < 4.78 is 28.3. The second-order valence-electron chi connectivity index (χ2n) is 8.40. The lowest BCUT2D eigenvalue weighted by atomic mass is 9.68. The number of carboxylic acid groups (broad SMARTS) is 1. The second kappa shape index (κ2) is 8.38. The Balaban J connectivity index is 1.61. The maximum Gasteiger partial charge on any atom is 0.327 e. The maximum absolute atomic E-state index is 13.3. The van der Waals surface area contributed by atoms with Gasteiger partial charge >= 0.3 is 5.97 Å². The van der Waals surface area contributed by atoms with Gasteiger partial charge in [0.05, 0.1) is 4.90 Å². The molecule has 0 bridgehead atoms. The third kappa shape index (κ3) is 4.24. The largest absolute Gasteiger partial charge is 0.478 e. The molecule has 4 rings (SSSR count).